The Morgan fingerprint density at radius 3 is 2.63 bits per heavy atom. The van der Waals surface area contributed by atoms with Crippen LogP contribution < -0.4 is 9.54 Å². The number of thiazole rings is 1. The average molecular weight is 446 g/mol. The first-order chi connectivity index (χ1) is 12.9. The van der Waals surface area contributed by atoms with Crippen LogP contribution in [0.4, 0.5) is 0 Å². The maximum absolute atomic E-state index is 9.96. The van der Waals surface area contributed by atoms with Crippen molar-refractivity contribution in [3.63, 3.8) is 0 Å². The molecule has 0 unspecified atom stereocenters. The van der Waals surface area contributed by atoms with Crippen molar-refractivity contribution >= 4 is 33.5 Å². The van der Waals surface area contributed by atoms with E-state index in [1.54, 1.807) is 25.4 Å². The van der Waals surface area contributed by atoms with Crippen LogP contribution >= 0.6 is 27.3 Å². The highest BCUT2D eigenvalue weighted by Crippen LogP contribution is 2.34. The van der Waals surface area contributed by atoms with Crippen molar-refractivity contribution in [1.82, 2.24) is 4.68 Å². The van der Waals surface area contributed by atoms with Crippen molar-refractivity contribution in [2.75, 3.05) is 14.2 Å². The summed E-state index contributed by atoms with van der Waals surface area (Å²) in [5.74, 6) is 0.453. The van der Waals surface area contributed by atoms with Gasteiger partial charge in [-0.05, 0) is 64.7 Å². The largest absolute Gasteiger partial charge is 0.503 e. The Labute approximate surface area is 170 Å². The Morgan fingerprint density at radius 2 is 1.96 bits per heavy atom. The predicted octanol–water partition coefficient (Wildman–Crippen LogP) is 4.72. The Kier molecular flexibility index (Phi) is 5.82. The molecule has 1 aromatic heterocycles. The number of halogens is 1. The van der Waals surface area contributed by atoms with E-state index < -0.39 is 0 Å². The first kappa shape index (κ1) is 19.4. The van der Waals surface area contributed by atoms with Gasteiger partial charge in [-0.3, -0.25) is 4.99 Å². The third-order valence-electron chi connectivity index (χ3n) is 4.27. The zero-order valence-electron chi connectivity index (χ0n) is 15.5. The van der Waals surface area contributed by atoms with Crippen LogP contribution in [0.2, 0.25) is 0 Å². The number of hydrogen-bond donors (Lipinski definition) is 1. The van der Waals surface area contributed by atoms with Gasteiger partial charge in [0.15, 0.2) is 11.5 Å². The molecule has 5 nitrogen and oxygen atoms in total. The van der Waals surface area contributed by atoms with Crippen LogP contribution in [0.1, 0.15) is 16.7 Å². The van der Waals surface area contributed by atoms with E-state index in [-0.39, 0.29) is 5.75 Å². The number of aryl methyl sites for hydroxylation is 2. The fourth-order valence-electron chi connectivity index (χ4n) is 2.61. The SMILES string of the molecule is CN=c1scc(-c2ccc(C)c(C)c2)n1N=Cc1cc(Br)c(O)c(OC)c1. The summed E-state index contributed by atoms with van der Waals surface area (Å²) < 4.78 is 7.57. The van der Waals surface area contributed by atoms with Crippen molar-refractivity contribution in [3.05, 3.63) is 61.7 Å². The maximum Gasteiger partial charge on any atom is 0.205 e. The Hall–Kier alpha value is -2.38. The molecule has 0 aliphatic heterocycles. The summed E-state index contributed by atoms with van der Waals surface area (Å²) in [6, 6.07) is 9.88. The number of methoxy groups -OCH3 is 1. The Bertz CT molecular complexity index is 1080. The van der Waals surface area contributed by atoms with Gasteiger partial charge in [0, 0.05) is 18.0 Å². The zero-order chi connectivity index (χ0) is 19.6. The molecule has 0 amide bonds. The van der Waals surface area contributed by atoms with E-state index in [0.717, 1.165) is 21.6 Å². The number of hydrogen-bond acceptors (Lipinski definition) is 5. The number of benzene rings is 2. The molecule has 0 saturated heterocycles. The summed E-state index contributed by atoms with van der Waals surface area (Å²) in [6.45, 7) is 4.20. The second kappa shape index (κ2) is 8.10. The van der Waals surface area contributed by atoms with Crippen molar-refractivity contribution < 1.29 is 9.84 Å². The van der Waals surface area contributed by atoms with Gasteiger partial charge in [-0.15, -0.1) is 11.3 Å². The van der Waals surface area contributed by atoms with E-state index in [2.05, 4.69) is 63.5 Å². The molecule has 0 aliphatic rings. The molecular formula is C20H20BrN3O2S. The van der Waals surface area contributed by atoms with E-state index in [1.165, 1.54) is 29.6 Å². The van der Waals surface area contributed by atoms with Gasteiger partial charge in [-0.2, -0.15) is 5.10 Å². The lowest BCUT2D eigenvalue weighted by Gasteiger charge is -2.08. The molecule has 3 aromatic rings. The molecule has 0 aliphatic carbocycles. The molecule has 0 saturated carbocycles. The van der Waals surface area contributed by atoms with Gasteiger partial charge >= 0.3 is 0 Å². The summed E-state index contributed by atoms with van der Waals surface area (Å²) in [7, 11) is 3.27. The number of ether oxygens (including phenoxy) is 1. The highest BCUT2D eigenvalue weighted by molar-refractivity contribution is 9.10. The van der Waals surface area contributed by atoms with Gasteiger partial charge < -0.3 is 9.84 Å². The summed E-state index contributed by atoms with van der Waals surface area (Å²) >= 11 is 4.87. The smallest absolute Gasteiger partial charge is 0.205 e. The maximum atomic E-state index is 9.96. The van der Waals surface area contributed by atoms with Gasteiger partial charge in [-0.25, -0.2) is 4.68 Å². The fourth-order valence-corrected chi connectivity index (χ4v) is 3.87. The molecule has 3 rings (SSSR count). The molecule has 0 fully saturated rings. The Balaban J connectivity index is 2.07. The topological polar surface area (TPSA) is 59.1 Å². The van der Waals surface area contributed by atoms with Crippen LogP contribution in [0.5, 0.6) is 11.5 Å². The molecule has 0 spiro atoms. The van der Waals surface area contributed by atoms with Crippen LogP contribution in [-0.4, -0.2) is 30.2 Å². The number of nitrogens with zero attached hydrogens (tertiary/aromatic N) is 3. The lowest BCUT2D eigenvalue weighted by atomic mass is 10.1. The summed E-state index contributed by atoms with van der Waals surface area (Å²) in [5, 5.41) is 16.6. The summed E-state index contributed by atoms with van der Waals surface area (Å²) in [4.78, 5) is 5.12. The minimum Gasteiger partial charge on any atom is -0.503 e. The first-order valence-electron chi connectivity index (χ1n) is 8.26. The molecule has 1 heterocycles. The molecule has 0 atom stereocenters. The molecule has 0 bridgehead atoms. The second-order valence-corrected chi connectivity index (χ2v) is 7.73. The molecule has 140 valence electrons. The molecule has 7 heteroatoms. The van der Waals surface area contributed by atoms with E-state index in [1.807, 2.05) is 4.68 Å². The number of phenols is 1. The van der Waals surface area contributed by atoms with Crippen LogP contribution in [0.15, 0.2) is 50.3 Å². The third-order valence-corrected chi connectivity index (χ3v) is 5.78. The number of phenolic OH excluding ortho intramolecular Hbond substituents is 1. The highest BCUT2D eigenvalue weighted by Gasteiger charge is 2.10. The number of aromatic nitrogens is 1. The van der Waals surface area contributed by atoms with Crippen molar-refractivity contribution in [1.29, 1.82) is 0 Å². The number of rotatable bonds is 4. The minimum atomic E-state index is 0.0675. The highest BCUT2D eigenvalue weighted by atomic mass is 79.9. The predicted molar refractivity (Wildman–Crippen MR) is 114 cm³/mol. The molecule has 0 radical (unpaired) electrons. The summed E-state index contributed by atoms with van der Waals surface area (Å²) in [6.07, 6.45) is 1.72. The normalized spacial score (nSPS) is 12.1. The zero-order valence-corrected chi connectivity index (χ0v) is 17.9. The molecule has 1 N–H and O–H groups in total. The van der Waals surface area contributed by atoms with Crippen LogP contribution in [0.3, 0.4) is 0 Å². The quantitative estimate of drug-likeness (QED) is 0.590. The van der Waals surface area contributed by atoms with Gasteiger partial charge in [-0.1, -0.05) is 12.1 Å². The summed E-state index contributed by atoms with van der Waals surface area (Å²) in [5.41, 5.74) is 5.35. The first-order valence-corrected chi connectivity index (χ1v) is 9.93. The Morgan fingerprint density at radius 1 is 1.19 bits per heavy atom. The standard InChI is InChI=1S/C20H20BrN3O2S/c1-12-5-6-15(7-13(12)2)17-11-27-20(22-3)24(17)23-10-14-8-16(21)19(25)18(9-14)26-4/h5-11,25H,1-4H3. The lowest BCUT2D eigenvalue weighted by molar-refractivity contribution is 0.372. The minimum absolute atomic E-state index is 0.0675. The van der Waals surface area contributed by atoms with E-state index in [9.17, 15) is 5.11 Å². The molecular weight excluding hydrogens is 426 g/mol. The second-order valence-electron chi connectivity index (χ2n) is 6.04. The van der Waals surface area contributed by atoms with Gasteiger partial charge in [0.25, 0.3) is 0 Å². The van der Waals surface area contributed by atoms with Crippen molar-refractivity contribution in [2.24, 2.45) is 10.1 Å². The number of aromatic hydroxyl groups is 1. The van der Waals surface area contributed by atoms with E-state index >= 15 is 0 Å². The average Bonchev–Trinajstić information content (AvgIpc) is 3.07. The van der Waals surface area contributed by atoms with Gasteiger partial charge in [0.1, 0.15) is 0 Å². The van der Waals surface area contributed by atoms with Gasteiger partial charge in [0.05, 0.1) is 23.5 Å². The van der Waals surface area contributed by atoms with Crippen molar-refractivity contribution in [2.45, 2.75) is 13.8 Å². The molecule has 2 aromatic carbocycles. The van der Waals surface area contributed by atoms with Crippen molar-refractivity contribution in [3.8, 4) is 22.8 Å². The van der Waals surface area contributed by atoms with Crippen LogP contribution in [0.25, 0.3) is 11.3 Å². The van der Waals surface area contributed by atoms with Crippen LogP contribution in [-0.2, 0) is 0 Å². The van der Waals surface area contributed by atoms with Crippen LogP contribution in [0, 0.1) is 13.8 Å². The lowest BCUT2D eigenvalue weighted by Crippen LogP contribution is -2.11. The van der Waals surface area contributed by atoms with E-state index in [0.29, 0.717) is 10.2 Å². The molecule has 27 heavy (non-hydrogen) atoms. The monoisotopic (exact) mass is 445 g/mol. The van der Waals surface area contributed by atoms with Gasteiger partial charge in [0.2, 0.25) is 4.80 Å². The third kappa shape index (κ3) is 3.99. The van der Waals surface area contributed by atoms with E-state index in [4.69, 9.17) is 4.74 Å². The fraction of sp³-hybridized carbons (Fsp3) is 0.200.